The van der Waals surface area contributed by atoms with Crippen LogP contribution in [0, 0.1) is 5.92 Å². The number of nitrogens with zero attached hydrogens (tertiary/aromatic N) is 3. The van der Waals surface area contributed by atoms with Crippen molar-refractivity contribution in [2.75, 3.05) is 6.61 Å². The molecule has 1 aromatic carbocycles. The van der Waals surface area contributed by atoms with Crippen LogP contribution >= 0.6 is 11.8 Å². The summed E-state index contributed by atoms with van der Waals surface area (Å²) >= 11 is 1.51. The molecule has 108 valence electrons. The molecule has 1 N–H and O–H groups in total. The number of ether oxygens (including phenoxy) is 1. The summed E-state index contributed by atoms with van der Waals surface area (Å²) in [4.78, 5) is 17.3. The lowest BCUT2D eigenvalue weighted by atomic mass is 10.2. The summed E-state index contributed by atoms with van der Waals surface area (Å²) in [6, 6.07) is 10.5. The van der Waals surface area contributed by atoms with Crippen molar-refractivity contribution in [3.05, 3.63) is 36.5 Å². The number of H-pyrrole nitrogens is 1. The fraction of sp³-hybridized carbons (Fsp3) is 0.267. The quantitative estimate of drug-likeness (QED) is 0.730. The van der Waals surface area contributed by atoms with Crippen LogP contribution in [0.1, 0.15) is 13.8 Å². The fourth-order valence-corrected chi connectivity index (χ4v) is 2.47. The Morgan fingerprint density at radius 2 is 2.00 bits per heavy atom. The predicted octanol–water partition coefficient (Wildman–Crippen LogP) is 3.54. The van der Waals surface area contributed by atoms with Gasteiger partial charge in [0.15, 0.2) is 10.8 Å². The maximum Gasteiger partial charge on any atom is 0.296 e. The van der Waals surface area contributed by atoms with Crippen molar-refractivity contribution in [1.82, 2.24) is 19.9 Å². The van der Waals surface area contributed by atoms with E-state index in [1.54, 1.807) is 6.20 Å². The number of fused-ring (bicyclic) bond motifs is 1. The monoisotopic (exact) mass is 300 g/mol. The molecule has 5 nitrogen and oxygen atoms in total. The zero-order chi connectivity index (χ0) is 14.7. The van der Waals surface area contributed by atoms with Crippen molar-refractivity contribution >= 4 is 22.9 Å². The van der Waals surface area contributed by atoms with Crippen LogP contribution in [-0.2, 0) is 0 Å². The van der Waals surface area contributed by atoms with E-state index in [1.807, 2.05) is 30.3 Å². The van der Waals surface area contributed by atoms with Gasteiger partial charge in [-0.3, -0.25) is 0 Å². The number of hydrogen-bond donors (Lipinski definition) is 1. The van der Waals surface area contributed by atoms with Crippen LogP contribution in [0.25, 0.3) is 11.2 Å². The van der Waals surface area contributed by atoms with Gasteiger partial charge in [0.2, 0.25) is 0 Å². The number of aromatic nitrogens is 4. The maximum atomic E-state index is 5.57. The summed E-state index contributed by atoms with van der Waals surface area (Å²) in [5.74, 6) is 0.452. The van der Waals surface area contributed by atoms with Gasteiger partial charge in [0, 0.05) is 4.90 Å². The molecule has 0 spiro atoms. The standard InChI is InChI=1S/C15H16N4OS/c1-10(2)9-20-14-17-12-8-16-15(19-13(12)18-14)21-11-6-4-3-5-7-11/h3-8,10H,9H2,1-2H3,(H,16,17,18,19). The van der Waals surface area contributed by atoms with Crippen molar-refractivity contribution in [1.29, 1.82) is 0 Å². The maximum absolute atomic E-state index is 5.57. The van der Waals surface area contributed by atoms with E-state index < -0.39 is 0 Å². The van der Waals surface area contributed by atoms with E-state index >= 15 is 0 Å². The molecule has 2 heterocycles. The number of imidazole rings is 1. The molecule has 3 rings (SSSR count). The zero-order valence-corrected chi connectivity index (χ0v) is 12.7. The number of hydrogen-bond acceptors (Lipinski definition) is 5. The van der Waals surface area contributed by atoms with Crippen LogP contribution in [0.5, 0.6) is 6.01 Å². The van der Waals surface area contributed by atoms with Crippen LogP contribution in [-0.4, -0.2) is 26.5 Å². The number of nitrogens with one attached hydrogen (secondary N) is 1. The lowest BCUT2D eigenvalue weighted by molar-refractivity contribution is 0.254. The molecular formula is C15H16N4OS. The number of rotatable bonds is 5. The Bertz CT molecular complexity index is 727. The molecule has 0 radical (unpaired) electrons. The van der Waals surface area contributed by atoms with Crippen molar-refractivity contribution in [3.8, 4) is 6.01 Å². The summed E-state index contributed by atoms with van der Waals surface area (Å²) in [6.07, 6.45) is 1.74. The third-order valence-electron chi connectivity index (χ3n) is 2.70. The summed E-state index contributed by atoms with van der Waals surface area (Å²) in [5.41, 5.74) is 1.41. The summed E-state index contributed by atoms with van der Waals surface area (Å²) in [7, 11) is 0. The normalized spacial score (nSPS) is 11.2. The van der Waals surface area contributed by atoms with E-state index in [-0.39, 0.29) is 0 Å². The third kappa shape index (κ3) is 3.52. The van der Waals surface area contributed by atoms with Crippen LogP contribution < -0.4 is 4.74 Å². The van der Waals surface area contributed by atoms with E-state index in [0.29, 0.717) is 29.3 Å². The highest BCUT2D eigenvalue weighted by atomic mass is 32.2. The first kappa shape index (κ1) is 13.9. The molecule has 0 aliphatic carbocycles. The molecule has 0 saturated heterocycles. The molecule has 0 bridgehead atoms. The van der Waals surface area contributed by atoms with Crippen LogP contribution in [0.4, 0.5) is 0 Å². The first-order chi connectivity index (χ1) is 10.2. The molecule has 0 saturated carbocycles. The molecule has 0 aliphatic rings. The minimum absolute atomic E-state index is 0.452. The van der Waals surface area contributed by atoms with Gasteiger partial charge in [-0.2, -0.15) is 4.98 Å². The second-order valence-corrected chi connectivity index (χ2v) is 6.09. The van der Waals surface area contributed by atoms with Crippen molar-refractivity contribution in [2.24, 2.45) is 5.92 Å². The lowest BCUT2D eigenvalue weighted by Crippen LogP contribution is -2.05. The van der Waals surface area contributed by atoms with Gasteiger partial charge in [0.05, 0.1) is 12.8 Å². The Balaban J connectivity index is 1.79. The van der Waals surface area contributed by atoms with Gasteiger partial charge in [-0.15, -0.1) is 0 Å². The summed E-state index contributed by atoms with van der Waals surface area (Å²) in [5, 5.41) is 0.676. The van der Waals surface area contributed by atoms with E-state index in [1.165, 1.54) is 11.8 Å². The van der Waals surface area contributed by atoms with E-state index in [4.69, 9.17) is 4.74 Å². The fourth-order valence-electron chi connectivity index (χ4n) is 1.73. The van der Waals surface area contributed by atoms with E-state index in [2.05, 4.69) is 33.8 Å². The van der Waals surface area contributed by atoms with Gasteiger partial charge < -0.3 is 9.72 Å². The van der Waals surface area contributed by atoms with Gasteiger partial charge in [0.25, 0.3) is 6.01 Å². The van der Waals surface area contributed by atoms with Gasteiger partial charge in [-0.05, 0) is 29.8 Å². The number of benzene rings is 1. The molecule has 2 aromatic heterocycles. The Kier molecular flexibility index (Phi) is 4.06. The smallest absolute Gasteiger partial charge is 0.296 e. The van der Waals surface area contributed by atoms with Crippen LogP contribution in [0.15, 0.2) is 46.6 Å². The summed E-state index contributed by atoms with van der Waals surface area (Å²) in [6.45, 7) is 4.81. The van der Waals surface area contributed by atoms with Crippen LogP contribution in [0.2, 0.25) is 0 Å². The molecule has 0 fully saturated rings. The van der Waals surface area contributed by atoms with Crippen molar-refractivity contribution in [3.63, 3.8) is 0 Å². The Morgan fingerprint density at radius 1 is 1.19 bits per heavy atom. The average molecular weight is 300 g/mol. The topological polar surface area (TPSA) is 63.7 Å². The zero-order valence-electron chi connectivity index (χ0n) is 11.9. The molecule has 21 heavy (non-hydrogen) atoms. The largest absolute Gasteiger partial charge is 0.464 e. The highest BCUT2D eigenvalue weighted by Crippen LogP contribution is 2.25. The molecule has 3 aromatic rings. The molecule has 0 atom stereocenters. The SMILES string of the molecule is CC(C)COc1nc2nc(Sc3ccccc3)ncc2[nH]1. The Morgan fingerprint density at radius 3 is 2.76 bits per heavy atom. The van der Waals surface area contributed by atoms with Crippen LogP contribution in [0.3, 0.4) is 0 Å². The Hall–Kier alpha value is -2.08. The molecule has 6 heteroatoms. The van der Waals surface area contributed by atoms with Crippen molar-refractivity contribution in [2.45, 2.75) is 23.9 Å². The second-order valence-electron chi connectivity index (χ2n) is 5.05. The lowest BCUT2D eigenvalue weighted by Gasteiger charge is -2.03. The van der Waals surface area contributed by atoms with E-state index in [9.17, 15) is 0 Å². The van der Waals surface area contributed by atoms with Gasteiger partial charge in [-0.1, -0.05) is 32.0 Å². The highest BCUT2D eigenvalue weighted by Gasteiger charge is 2.08. The van der Waals surface area contributed by atoms with Gasteiger partial charge in [-0.25, -0.2) is 9.97 Å². The highest BCUT2D eigenvalue weighted by molar-refractivity contribution is 7.99. The average Bonchev–Trinajstić information content (AvgIpc) is 2.88. The third-order valence-corrected chi connectivity index (χ3v) is 3.59. The first-order valence-electron chi connectivity index (χ1n) is 6.79. The minimum atomic E-state index is 0.452. The number of aromatic amines is 1. The minimum Gasteiger partial charge on any atom is -0.464 e. The molecule has 0 unspecified atom stereocenters. The molecule has 0 aliphatic heterocycles. The summed E-state index contributed by atoms with van der Waals surface area (Å²) < 4.78 is 5.57. The second kappa shape index (κ2) is 6.13. The van der Waals surface area contributed by atoms with Crippen molar-refractivity contribution < 1.29 is 4.74 Å². The molecule has 0 amide bonds. The Labute approximate surface area is 127 Å². The van der Waals surface area contributed by atoms with Gasteiger partial charge in [0.1, 0.15) is 5.52 Å². The van der Waals surface area contributed by atoms with E-state index in [0.717, 1.165) is 10.4 Å². The van der Waals surface area contributed by atoms with Gasteiger partial charge >= 0.3 is 0 Å². The first-order valence-corrected chi connectivity index (χ1v) is 7.61. The molecular weight excluding hydrogens is 284 g/mol. The predicted molar refractivity (Wildman–Crippen MR) is 82.6 cm³/mol.